The van der Waals surface area contributed by atoms with Crippen LogP contribution in [0.4, 0.5) is 15.3 Å². The summed E-state index contributed by atoms with van der Waals surface area (Å²) in [5, 5.41) is 5.02. The number of nitrogens with zero attached hydrogens (tertiary/aromatic N) is 2. The summed E-state index contributed by atoms with van der Waals surface area (Å²) < 4.78 is 33.2. The molecule has 2 aromatic rings. The fourth-order valence-electron chi connectivity index (χ4n) is 6.25. The van der Waals surface area contributed by atoms with Crippen LogP contribution in [0.2, 0.25) is 0 Å². The number of fused-ring (bicyclic) bond motifs is 2. The first kappa shape index (κ1) is 31.6. The van der Waals surface area contributed by atoms with E-state index >= 15 is 0 Å². The van der Waals surface area contributed by atoms with Gasteiger partial charge >= 0.3 is 12.1 Å². The standard InChI is InChI=1S/C33H39N5O7S/c1-37-18-10-3-2-7-13-23-20-33(23,30(40)36-46(43,44)25-16-17-25)35-29(39)28-19-24(21-38(28)32(37)42)45-31(41)34-27-15-9-8-14-26(27)22-11-5-4-6-12-22/h4-9,11-15,23-25,28H,2-3,10,16-21H2,1H3,(H,34,41)(H,35,39)(H,36,40)/b13-7+/t23-,24-,28+,33-/m1/s1. The van der Waals surface area contributed by atoms with E-state index in [-0.39, 0.29) is 25.3 Å². The maximum Gasteiger partial charge on any atom is 0.411 e. The zero-order valence-electron chi connectivity index (χ0n) is 25.7. The van der Waals surface area contributed by atoms with E-state index < -0.39 is 56.9 Å². The number of anilines is 1. The fraction of sp³-hybridized carbons (Fsp3) is 0.455. The third-order valence-corrected chi connectivity index (χ3v) is 10.9. The average Bonchev–Trinajstić information content (AvgIpc) is 3.96. The number of benzene rings is 2. The highest BCUT2D eigenvalue weighted by Crippen LogP contribution is 2.46. The largest absolute Gasteiger partial charge is 0.444 e. The van der Waals surface area contributed by atoms with Crippen LogP contribution in [0.3, 0.4) is 0 Å². The van der Waals surface area contributed by atoms with Crippen LogP contribution >= 0.6 is 0 Å². The quantitative estimate of drug-likeness (QED) is 0.404. The van der Waals surface area contributed by atoms with Gasteiger partial charge in [-0.3, -0.25) is 19.6 Å². The Hall–Kier alpha value is -4.39. The van der Waals surface area contributed by atoms with Gasteiger partial charge in [0.2, 0.25) is 15.9 Å². The van der Waals surface area contributed by atoms with E-state index in [9.17, 15) is 27.6 Å². The molecule has 4 atom stereocenters. The molecule has 0 bridgehead atoms. The molecule has 0 unspecified atom stereocenters. The molecule has 0 aromatic heterocycles. The SMILES string of the molecule is CN1CCCC/C=C/[C@@H]2C[C@@]2(C(=O)NS(=O)(=O)C2CC2)NC(=O)[C@@H]2C[C@@H](OC(=O)Nc3ccccc3-c3ccccc3)CN2C1=O. The van der Waals surface area contributed by atoms with Crippen LogP contribution in [0.5, 0.6) is 0 Å². The molecule has 12 nitrogen and oxygen atoms in total. The molecule has 2 saturated carbocycles. The van der Waals surface area contributed by atoms with E-state index in [2.05, 4.69) is 15.4 Å². The molecule has 2 aliphatic carbocycles. The molecule has 4 aliphatic rings. The van der Waals surface area contributed by atoms with Gasteiger partial charge < -0.3 is 19.9 Å². The molecule has 2 aliphatic heterocycles. The molecular formula is C33H39N5O7S. The second-order valence-electron chi connectivity index (χ2n) is 12.5. The first-order valence-electron chi connectivity index (χ1n) is 15.8. The lowest BCUT2D eigenvalue weighted by atomic mass is 10.0. The number of hydrogen-bond donors (Lipinski definition) is 3. The Kier molecular flexibility index (Phi) is 8.78. The van der Waals surface area contributed by atoms with Gasteiger partial charge in [-0.15, -0.1) is 0 Å². The van der Waals surface area contributed by atoms with Gasteiger partial charge in [-0.1, -0.05) is 60.7 Å². The summed E-state index contributed by atoms with van der Waals surface area (Å²) in [6.07, 6.45) is 5.76. The molecule has 3 N–H and O–H groups in total. The van der Waals surface area contributed by atoms with Gasteiger partial charge in [0, 0.05) is 31.5 Å². The van der Waals surface area contributed by atoms with Crippen LogP contribution in [-0.2, 0) is 24.3 Å². The summed E-state index contributed by atoms with van der Waals surface area (Å²) in [4.78, 5) is 56.9. The molecule has 3 fully saturated rings. The molecular weight excluding hydrogens is 610 g/mol. The minimum atomic E-state index is -3.84. The Bertz CT molecular complexity index is 1640. The van der Waals surface area contributed by atoms with E-state index in [1.165, 1.54) is 4.90 Å². The highest BCUT2D eigenvalue weighted by molar-refractivity contribution is 7.91. The molecule has 2 heterocycles. The lowest BCUT2D eigenvalue weighted by Gasteiger charge is -2.30. The molecule has 5 amide bonds. The van der Waals surface area contributed by atoms with E-state index in [4.69, 9.17) is 4.74 Å². The summed E-state index contributed by atoms with van der Waals surface area (Å²) in [5.74, 6) is -1.76. The highest BCUT2D eigenvalue weighted by atomic mass is 32.2. The number of para-hydroxylation sites is 1. The van der Waals surface area contributed by atoms with E-state index in [0.717, 1.165) is 30.4 Å². The monoisotopic (exact) mass is 649 g/mol. The minimum absolute atomic E-state index is 0.0116. The van der Waals surface area contributed by atoms with Gasteiger partial charge in [0.1, 0.15) is 17.7 Å². The van der Waals surface area contributed by atoms with Crippen molar-refractivity contribution in [2.45, 2.75) is 67.9 Å². The van der Waals surface area contributed by atoms with Crippen molar-refractivity contribution in [3.8, 4) is 11.1 Å². The second kappa shape index (κ2) is 12.8. The number of allylic oxidation sites excluding steroid dienone is 1. The highest BCUT2D eigenvalue weighted by Gasteiger charge is 2.62. The van der Waals surface area contributed by atoms with Crippen LogP contribution in [-0.4, -0.2) is 85.2 Å². The molecule has 0 spiro atoms. The Morgan fingerprint density at radius 3 is 2.52 bits per heavy atom. The zero-order valence-corrected chi connectivity index (χ0v) is 26.5. The summed E-state index contributed by atoms with van der Waals surface area (Å²) in [7, 11) is -2.18. The first-order chi connectivity index (χ1) is 22.1. The number of ether oxygens (including phenoxy) is 1. The van der Waals surface area contributed by atoms with Crippen molar-refractivity contribution in [1.82, 2.24) is 19.8 Å². The molecule has 6 rings (SSSR count). The van der Waals surface area contributed by atoms with Crippen molar-refractivity contribution >= 4 is 39.6 Å². The Labute approximate surface area is 268 Å². The number of carbonyl (C=O) groups is 4. The van der Waals surface area contributed by atoms with Crippen molar-refractivity contribution in [1.29, 1.82) is 0 Å². The number of sulfonamides is 1. The van der Waals surface area contributed by atoms with Gasteiger partial charge in [-0.2, -0.15) is 0 Å². The van der Waals surface area contributed by atoms with Crippen LogP contribution < -0.4 is 15.4 Å². The van der Waals surface area contributed by atoms with Crippen molar-refractivity contribution in [2.75, 3.05) is 25.5 Å². The topological polar surface area (TPSA) is 154 Å². The van der Waals surface area contributed by atoms with Crippen molar-refractivity contribution in [3.05, 3.63) is 66.7 Å². The van der Waals surface area contributed by atoms with Crippen molar-refractivity contribution < 1.29 is 32.3 Å². The second-order valence-corrected chi connectivity index (χ2v) is 14.5. The Morgan fingerprint density at radius 1 is 1.02 bits per heavy atom. The number of carbonyl (C=O) groups excluding carboxylic acids is 4. The van der Waals surface area contributed by atoms with Crippen molar-refractivity contribution in [3.63, 3.8) is 0 Å². The summed E-state index contributed by atoms with van der Waals surface area (Å²) in [5.41, 5.74) is 0.819. The number of hydrogen-bond acceptors (Lipinski definition) is 7. The Morgan fingerprint density at radius 2 is 1.76 bits per heavy atom. The van der Waals surface area contributed by atoms with Crippen LogP contribution in [0.25, 0.3) is 11.1 Å². The fourth-order valence-corrected chi connectivity index (χ4v) is 7.61. The molecule has 13 heteroatoms. The molecule has 1 saturated heterocycles. The van der Waals surface area contributed by atoms with E-state index in [1.54, 1.807) is 24.1 Å². The van der Waals surface area contributed by atoms with Gasteiger partial charge in [0.25, 0.3) is 5.91 Å². The van der Waals surface area contributed by atoms with Gasteiger partial charge in [-0.05, 0) is 50.2 Å². The average molecular weight is 650 g/mol. The third-order valence-electron chi connectivity index (χ3n) is 9.11. The lowest BCUT2D eigenvalue weighted by Crippen LogP contribution is -2.57. The maximum atomic E-state index is 13.9. The number of rotatable bonds is 6. The molecule has 46 heavy (non-hydrogen) atoms. The van der Waals surface area contributed by atoms with Gasteiger partial charge in [-0.25, -0.2) is 18.0 Å². The van der Waals surface area contributed by atoms with Gasteiger partial charge in [0.05, 0.1) is 17.5 Å². The van der Waals surface area contributed by atoms with Crippen LogP contribution in [0.15, 0.2) is 66.7 Å². The summed E-state index contributed by atoms with van der Waals surface area (Å²) in [6, 6.07) is 15.5. The first-order valence-corrected chi connectivity index (χ1v) is 17.3. The molecule has 244 valence electrons. The van der Waals surface area contributed by atoms with E-state index in [1.807, 2.05) is 54.6 Å². The Balaban J connectivity index is 1.20. The molecule has 2 aromatic carbocycles. The van der Waals surface area contributed by atoms with Crippen molar-refractivity contribution in [2.24, 2.45) is 5.92 Å². The maximum absolute atomic E-state index is 13.9. The smallest absolute Gasteiger partial charge is 0.411 e. The zero-order chi connectivity index (χ0) is 32.5. The molecule has 0 radical (unpaired) electrons. The van der Waals surface area contributed by atoms with E-state index in [0.29, 0.717) is 25.1 Å². The summed E-state index contributed by atoms with van der Waals surface area (Å²) >= 11 is 0. The minimum Gasteiger partial charge on any atom is -0.444 e. The third kappa shape index (κ3) is 6.74. The lowest BCUT2D eigenvalue weighted by molar-refractivity contribution is -0.131. The van der Waals surface area contributed by atoms with Crippen LogP contribution in [0.1, 0.15) is 44.9 Å². The number of nitrogens with one attached hydrogen (secondary N) is 3. The predicted octanol–water partition coefficient (Wildman–Crippen LogP) is 3.62. The van der Waals surface area contributed by atoms with Gasteiger partial charge in [0.15, 0.2) is 0 Å². The van der Waals surface area contributed by atoms with Crippen LogP contribution in [0, 0.1) is 5.92 Å². The normalized spacial score (nSPS) is 27.4. The number of amides is 5. The predicted molar refractivity (Wildman–Crippen MR) is 171 cm³/mol. The summed E-state index contributed by atoms with van der Waals surface area (Å²) in [6.45, 7) is 0.461. The number of urea groups is 1.